The molecular formula is C15H26O. The van der Waals surface area contributed by atoms with Gasteiger partial charge in [-0.05, 0) is 37.0 Å². The molecule has 16 heavy (non-hydrogen) atoms. The summed E-state index contributed by atoms with van der Waals surface area (Å²) in [5.41, 5.74) is -0.0982. The van der Waals surface area contributed by atoms with Crippen molar-refractivity contribution in [2.75, 3.05) is 0 Å². The summed E-state index contributed by atoms with van der Waals surface area (Å²) in [5, 5.41) is 10.9. The molecule has 92 valence electrons. The average molecular weight is 222 g/mol. The van der Waals surface area contributed by atoms with Gasteiger partial charge in [-0.1, -0.05) is 45.8 Å². The maximum absolute atomic E-state index is 10.9. The first-order valence-corrected chi connectivity index (χ1v) is 6.89. The van der Waals surface area contributed by atoms with Gasteiger partial charge in [-0.15, -0.1) is 0 Å². The fourth-order valence-electron chi connectivity index (χ4n) is 4.04. The second kappa shape index (κ2) is 4.18. The third kappa shape index (κ3) is 1.95. The molecule has 0 spiro atoms. The van der Waals surface area contributed by atoms with Crippen molar-refractivity contribution in [2.45, 2.75) is 64.9 Å². The van der Waals surface area contributed by atoms with Gasteiger partial charge in [-0.3, -0.25) is 0 Å². The van der Waals surface area contributed by atoms with Gasteiger partial charge < -0.3 is 5.11 Å². The van der Waals surface area contributed by atoms with Crippen LogP contribution < -0.4 is 0 Å². The molecule has 0 aromatic rings. The molecule has 1 fully saturated rings. The molecule has 0 bridgehead atoms. The normalized spacial score (nSPS) is 41.0. The number of allylic oxidation sites excluding steroid dienone is 1. The van der Waals surface area contributed by atoms with Gasteiger partial charge in [0.25, 0.3) is 0 Å². The second-order valence-corrected chi connectivity index (χ2v) is 6.51. The van der Waals surface area contributed by atoms with Crippen molar-refractivity contribution < 1.29 is 5.11 Å². The molecule has 1 nitrogen and oxygen atoms in total. The molecule has 0 aromatic carbocycles. The van der Waals surface area contributed by atoms with E-state index in [9.17, 15) is 5.11 Å². The zero-order valence-electron chi connectivity index (χ0n) is 11.0. The van der Waals surface area contributed by atoms with Crippen molar-refractivity contribution in [3.63, 3.8) is 0 Å². The van der Waals surface area contributed by atoms with Crippen molar-refractivity contribution in [3.8, 4) is 0 Å². The number of rotatable bonds is 3. The van der Waals surface area contributed by atoms with Crippen LogP contribution in [-0.4, -0.2) is 10.7 Å². The van der Waals surface area contributed by atoms with Crippen molar-refractivity contribution >= 4 is 0 Å². The van der Waals surface area contributed by atoms with Crippen LogP contribution in [-0.2, 0) is 0 Å². The van der Waals surface area contributed by atoms with E-state index in [1.54, 1.807) is 0 Å². The molecule has 0 saturated heterocycles. The van der Waals surface area contributed by atoms with E-state index in [0.717, 1.165) is 19.3 Å². The Morgan fingerprint density at radius 3 is 2.81 bits per heavy atom. The molecule has 0 aliphatic heterocycles. The Balaban J connectivity index is 2.20. The van der Waals surface area contributed by atoms with Gasteiger partial charge in [0.05, 0.1) is 5.60 Å². The van der Waals surface area contributed by atoms with Crippen molar-refractivity contribution in [1.29, 1.82) is 0 Å². The number of hydrogen-bond donors (Lipinski definition) is 1. The first-order valence-electron chi connectivity index (χ1n) is 6.89. The quantitative estimate of drug-likeness (QED) is 0.718. The van der Waals surface area contributed by atoms with Gasteiger partial charge in [-0.2, -0.15) is 0 Å². The lowest BCUT2D eigenvalue weighted by atomic mass is 9.73. The Bertz CT molecular complexity index is 279. The maximum atomic E-state index is 10.9. The molecule has 0 radical (unpaired) electrons. The molecule has 3 atom stereocenters. The molecular weight excluding hydrogens is 196 g/mol. The summed E-state index contributed by atoms with van der Waals surface area (Å²) >= 11 is 0. The highest BCUT2D eigenvalue weighted by atomic mass is 16.3. The molecule has 0 heterocycles. The topological polar surface area (TPSA) is 20.2 Å². The van der Waals surface area contributed by atoms with Crippen LogP contribution in [0.5, 0.6) is 0 Å². The van der Waals surface area contributed by atoms with E-state index in [0.29, 0.717) is 17.3 Å². The van der Waals surface area contributed by atoms with Crippen LogP contribution in [0.1, 0.15) is 59.3 Å². The summed E-state index contributed by atoms with van der Waals surface area (Å²) in [7, 11) is 0. The minimum atomic E-state index is -0.416. The first kappa shape index (κ1) is 12.2. The summed E-state index contributed by atoms with van der Waals surface area (Å²) in [6, 6.07) is 0. The van der Waals surface area contributed by atoms with Crippen LogP contribution in [0.2, 0.25) is 0 Å². The Labute approximate surface area is 99.9 Å². The van der Waals surface area contributed by atoms with Gasteiger partial charge in [0.15, 0.2) is 0 Å². The number of aliphatic hydroxyl groups is 1. The Hall–Kier alpha value is -0.300. The molecule has 0 aromatic heterocycles. The zero-order chi connectivity index (χ0) is 11.8. The number of fused-ring (bicyclic) bond motifs is 1. The highest BCUT2D eigenvalue weighted by Crippen LogP contribution is 2.57. The first-order chi connectivity index (χ1) is 7.49. The molecule has 2 rings (SSSR count). The monoisotopic (exact) mass is 222 g/mol. The van der Waals surface area contributed by atoms with Crippen LogP contribution in [0.15, 0.2) is 12.2 Å². The maximum Gasteiger partial charge on any atom is 0.0718 e. The van der Waals surface area contributed by atoms with Crippen molar-refractivity contribution in [3.05, 3.63) is 12.2 Å². The van der Waals surface area contributed by atoms with E-state index in [4.69, 9.17) is 0 Å². The third-order valence-electron chi connectivity index (χ3n) is 4.77. The molecule has 1 N–H and O–H groups in total. The summed E-state index contributed by atoms with van der Waals surface area (Å²) < 4.78 is 0. The third-order valence-corrected chi connectivity index (χ3v) is 4.77. The van der Waals surface area contributed by atoms with Crippen LogP contribution in [0.4, 0.5) is 0 Å². The van der Waals surface area contributed by atoms with Crippen LogP contribution >= 0.6 is 0 Å². The fourth-order valence-corrected chi connectivity index (χ4v) is 4.04. The van der Waals surface area contributed by atoms with Gasteiger partial charge in [0, 0.05) is 5.92 Å². The van der Waals surface area contributed by atoms with E-state index in [2.05, 4.69) is 32.9 Å². The number of unbranched alkanes of at least 4 members (excludes halogenated alkanes) is 1. The fraction of sp³-hybridized carbons (Fsp3) is 0.867. The Morgan fingerprint density at radius 1 is 1.38 bits per heavy atom. The molecule has 0 unspecified atom stereocenters. The molecule has 0 amide bonds. The molecule has 2 aliphatic rings. The van der Waals surface area contributed by atoms with Crippen LogP contribution in [0.3, 0.4) is 0 Å². The van der Waals surface area contributed by atoms with Gasteiger partial charge in [0.1, 0.15) is 0 Å². The smallest absolute Gasteiger partial charge is 0.0718 e. The van der Waals surface area contributed by atoms with Gasteiger partial charge in [0.2, 0.25) is 0 Å². The predicted octanol–water partition coefficient (Wildman–Crippen LogP) is 3.92. The van der Waals surface area contributed by atoms with Gasteiger partial charge >= 0.3 is 0 Å². The zero-order valence-corrected chi connectivity index (χ0v) is 11.0. The summed E-state index contributed by atoms with van der Waals surface area (Å²) in [4.78, 5) is 0. The van der Waals surface area contributed by atoms with Crippen molar-refractivity contribution in [2.24, 2.45) is 17.3 Å². The molecule has 1 saturated carbocycles. The summed E-state index contributed by atoms with van der Waals surface area (Å²) in [6.45, 7) is 6.89. The second-order valence-electron chi connectivity index (χ2n) is 6.51. The Morgan fingerprint density at radius 2 is 2.12 bits per heavy atom. The van der Waals surface area contributed by atoms with E-state index >= 15 is 0 Å². The summed E-state index contributed by atoms with van der Waals surface area (Å²) in [5.74, 6) is 1.11. The molecule has 1 heteroatoms. The minimum Gasteiger partial charge on any atom is -0.389 e. The Kier molecular flexibility index (Phi) is 3.18. The largest absolute Gasteiger partial charge is 0.389 e. The standard InChI is InChI=1S/C15H26O/c1-4-5-10-15(16)11-14(2,3)12-8-6-7-9-13(12)15/h7,9,12-13,16H,4-6,8,10-11H2,1-3H3/t12-,13-,15-/m0/s1. The predicted molar refractivity (Wildman–Crippen MR) is 68.2 cm³/mol. The van der Waals surface area contributed by atoms with Crippen molar-refractivity contribution in [1.82, 2.24) is 0 Å². The SMILES string of the molecule is CCCC[C@]1(O)CC(C)(C)[C@H]2CCC=C[C@@H]21. The lowest BCUT2D eigenvalue weighted by molar-refractivity contribution is -0.00236. The van der Waals surface area contributed by atoms with Crippen LogP contribution in [0, 0.1) is 17.3 Å². The lowest BCUT2D eigenvalue weighted by Gasteiger charge is -2.33. The summed E-state index contributed by atoms with van der Waals surface area (Å²) in [6.07, 6.45) is 11.4. The van der Waals surface area contributed by atoms with E-state index in [1.165, 1.54) is 19.3 Å². The van der Waals surface area contributed by atoms with E-state index < -0.39 is 5.60 Å². The average Bonchev–Trinajstić information content (AvgIpc) is 2.45. The van der Waals surface area contributed by atoms with E-state index in [-0.39, 0.29) is 0 Å². The molecule has 2 aliphatic carbocycles. The minimum absolute atomic E-state index is 0.317. The van der Waals surface area contributed by atoms with Gasteiger partial charge in [-0.25, -0.2) is 0 Å². The van der Waals surface area contributed by atoms with E-state index in [1.807, 2.05) is 0 Å². The highest BCUT2D eigenvalue weighted by Gasteiger charge is 2.54. The lowest BCUT2D eigenvalue weighted by Crippen LogP contribution is -2.35. The number of hydrogen-bond acceptors (Lipinski definition) is 1. The van der Waals surface area contributed by atoms with Crippen LogP contribution in [0.25, 0.3) is 0 Å². The highest BCUT2D eigenvalue weighted by molar-refractivity contribution is 5.14.